The van der Waals surface area contributed by atoms with Crippen molar-refractivity contribution in [1.82, 2.24) is 20.2 Å². The van der Waals surface area contributed by atoms with Crippen molar-refractivity contribution in [3.8, 4) is 17.2 Å². The SMILES string of the molecule is COc1cc(OC)c(OC)cc1/C=N/NC(=O)c1ccc(CSc2nncn2C)cc1. The highest BCUT2D eigenvalue weighted by molar-refractivity contribution is 7.98. The van der Waals surface area contributed by atoms with E-state index in [-0.39, 0.29) is 5.91 Å². The summed E-state index contributed by atoms with van der Waals surface area (Å²) in [6.07, 6.45) is 3.15. The summed E-state index contributed by atoms with van der Waals surface area (Å²) in [6, 6.07) is 10.7. The third-order valence-corrected chi connectivity index (χ3v) is 5.47. The lowest BCUT2D eigenvalue weighted by Crippen LogP contribution is -2.17. The zero-order chi connectivity index (χ0) is 22.2. The number of nitrogens with zero attached hydrogens (tertiary/aromatic N) is 4. The van der Waals surface area contributed by atoms with Crippen LogP contribution in [0.3, 0.4) is 0 Å². The van der Waals surface area contributed by atoms with E-state index in [0.29, 0.717) is 28.4 Å². The van der Waals surface area contributed by atoms with Crippen LogP contribution in [0, 0.1) is 0 Å². The number of thioether (sulfide) groups is 1. The molecule has 0 saturated heterocycles. The fourth-order valence-electron chi connectivity index (χ4n) is 2.68. The van der Waals surface area contributed by atoms with Gasteiger partial charge in [-0.1, -0.05) is 23.9 Å². The summed E-state index contributed by atoms with van der Waals surface area (Å²) in [7, 11) is 6.53. The topological polar surface area (TPSA) is 99.9 Å². The largest absolute Gasteiger partial charge is 0.496 e. The minimum atomic E-state index is -0.316. The number of amides is 1. The first-order valence-electron chi connectivity index (χ1n) is 9.24. The van der Waals surface area contributed by atoms with Crippen LogP contribution >= 0.6 is 11.8 Å². The predicted molar refractivity (Wildman–Crippen MR) is 118 cm³/mol. The Morgan fingerprint density at radius 2 is 1.77 bits per heavy atom. The second kappa shape index (κ2) is 10.5. The molecule has 3 aromatic rings. The van der Waals surface area contributed by atoms with Crippen LogP contribution in [0.4, 0.5) is 0 Å². The monoisotopic (exact) mass is 441 g/mol. The van der Waals surface area contributed by atoms with Crippen molar-refractivity contribution in [2.75, 3.05) is 21.3 Å². The highest BCUT2D eigenvalue weighted by Gasteiger charge is 2.11. The van der Waals surface area contributed by atoms with Crippen LogP contribution in [0.1, 0.15) is 21.5 Å². The van der Waals surface area contributed by atoms with Gasteiger partial charge in [0.05, 0.1) is 27.5 Å². The molecule has 10 heteroatoms. The zero-order valence-corrected chi connectivity index (χ0v) is 18.5. The van der Waals surface area contributed by atoms with Gasteiger partial charge in [-0.2, -0.15) is 5.10 Å². The molecule has 1 amide bonds. The van der Waals surface area contributed by atoms with E-state index < -0.39 is 0 Å². The maximum Gasteiger partial charge on any atom is 0.271 e. The molecule has 0 radical (unpaired) electrons. The Morgan fingerprint density at radius 3 is 2.39 bits per heavy atom. The smallest absolute Gasteiger partial charge is 0.271 e. The lowest BCUT2D eigenvalue weighted by molar-refractivity contribution is 0.0955. The van der Waals surface area contributed by atoms with Crippen molar-refractivity contribution in [1.29, 1.82) is 0 Å². The number of aryl methyl sites for hydroxylation is 1. The molecule has 0 aliphatic heterocycles. The Bertz CT molecular complexity index is 1070. The van der Waals surface area contributed by atoms with E-state index in [9.17, 15) is 4.79 Å². The van der Waals surface area contributed by atoms with Crippen molar-refractivity contribution >= 4 is 23.9 Å². The summed E-state index contributed by atoms with van der Waals surface area (Å²) < 4.78 is 17.8. The van der Waals surface area contributed by atoms with Crippen LogP contribution in [0.15, 0.2) is 53.0 Å². The van der Waals surface area contributed by atoms with Crippen LogP contribution < -0.4 is 19.6 Å². The molecule has 31 heavy (non-hydrogen) atoms. The van der Waals surface area contributed by atoms with Crippen molar-refractivity contribution in [3.63, 3.8) is 0 Å². The molecule has 3 rings (SSSR count). The van der Waals surface area contributed by atoms with Crippen LogP contribution in [0.25, 0.3) is 0 Å². The van der Waals surface area contributed by atoms with Gasteiger partial charge in [-0.25, -0.2) is 5.43 Å². The highest BCUT2D eigenvalue weighted by Crippen LogP contribution is 2.33. The van der Waals surface area contributed by atoms with E-state index in [0.717, 1.165) is 16.5 Å². The standard InChI is InChI=1S/C21H23N5O4S/c1-26-13-23-25-21(26)31-12-14-5-7-15(8-6-14)20(27)24-22-11-16-9-18(29-3)19(30-4)10-17(16)28-2/h5-11,13H,12H2,1-4H3,(H,24,27)/b22-11+. The number of rotatable bonds is 9. The van der Waals surface area contributed by atoms with Gasteiger partial charge in [-0.05, 0) is 23.8 Å². The summed E-state index contributed by atoms with van der Waals surface area (Å²) >= 11 is 1.58. The van der Waals surface area contributed by atoms with Gasteiger partial charge in [0.1, 0.15) is 12.1 Å². The van der Waals surface area contributed by atoms with Gasteiger partial charge in [0.2, 0.25) is 0 Å². The van der Waals surface area contributed by atoms with E-state index in [2.05, 4.69) is 20.7 Å². The summed E-state index contributed by atoms with van der Waals surface area (Å²) in [5, 5.41) is 12.8. The second-order valence-corrected chi connectivity index (χ2v) is 7.30. The van der Waals surface area contributed by atoms with Crippen molar-refractivity contribution < 1.29 is 19.0 Å². The Balaban J connectivity index is 1.61. The Hall–Kier alpha value is -3.53. The lowest BCUT2D eigenvalue weighted by atomic mass is 10.1. The molecule has 0 saturated carbocycles. The van der Waals surface area contributed by atoms with Gasteiger partial charge in [-0.3, -0.25) is 4.79 Å². The number of hydrazone groups is 1. The maximum absolute atomic E-state index is 12.4. The number of hydrogen-bond donors (Lipinski definition) is 1. The molecule has 1 heterocycles. The van der Waals surface area contributed by atoms with Crippen LogP contribution in [0.5, 0.6) is 17.2 Å². The van der Waals surface area contributed by atoms with E-state index in [1.165, 1.54) is 6.21 Å². The molecule has 2 aromatic carbocycles. The number of carbonyl (C=O) groups is 1. The number of ether oxygens (including phenoxy) is 3. The quantitative estimate of drug-likeness (QED) is 0.310. The predicted octanol–water partition coefficient (Wildman–Crippen LogP) is 2.90. The summed E-state index contributed by atoms with van der Waals surface area (Å²) in [5.74, 6) is 2.03. The van der Waals surface area contributed by atoms with Gasteiger partial charge in [0.15, 0.2) is 16.7 Å². The number of aromatic nitrogens is 3. The van der Waals surface area contributed by atoms with E-state index in [1.54, 1.807) is 63.7 Å². The number of benzene rings is 2. The molecular weight excluding hydrogens is 418 g/mol. The van der Waals surface area contributed by atoms with Crippen molar-refractivity contribution in [2.45, 2.75) is 10.9 Å². The molecule has 0 fully saturated rings. The lowest BCUT2D eigenvalue weighted by Gasteiger charge is -2.11. The van der Waals surface area contributed by atoms with Crippen molar-refractivity contribution in [3.05, 3.63) is 59.4 Å². The van der Waals surface area contributed by atoms with Gasteiger partial charge >= 0.3 is 0 Å². The molecule has 1 aromatic heterocycles. The van der Waals surface area contributed by atoms with E-state index in [1.807, 2.05) is 23.7 Å². The Kier molecular flexibility index (Phi) is 7.50. The molecule has 0 bridgehead atoms. The summed E-state index contributed by atoms with van der Waals surface area (Å²) in [6.45, 7) is 0. The molecule has 0 atom stereocenters. The molecule has 0 aliphatic carbocycles. The second-order valence-electron chi connectivity index (χ2n) is 6.36. The van der Waals surface area contributed by atoms with Crippen LogP contribution in [-0.4, -0.2) is 48.2 Å². The first-order valence-corrected chi connectivity index (χ1v) is 10.2. The summed E-state index contributed by atoms with van der Waals surface area (Å²) in [5.41, 5.74) is 4.73. The highest BCUT2D eigenvalue weighted by atomic mass is 32.2. The molecule has 162 valence electrons. The first-order chi connectivity index (χ1) is 15.0. The first kappa shape index (κ1) is 22.2. The van der Waals surface area contributed by atoms with Crippen molar-refractivity contribution in [2.24, 2.45) is 12.1 Å². The van der Waals surface area contributed by atoms with Gasteiger partial charge < -0.3 is 18.8 Å². The van der Waals surface area contributed by atoms with Gasteiger partial charge in [0, 0.05) is 30.0 Å². The number of carbonyl (C=O) groups excluding carboxylic acids is 1. The minimum Gasteiger partial charge on any atom is -0.496 e. The van der Waals surface area contributed by atoms with E-state index in [4.69, 9.17) is 14.2 Å². The molecule has 0 spiro atoms. The molecule has 0 aliphatic rings. The fourth-order valence-corrected chi connectivity index (χ4v) is 3.53. The Labute approximate surface area is 184 Å². The fraction of sp³-hybridized carbons (Fsp3) is 0.238. The third-order valence-electron chi connectivity index (χ3n) is 4.36. The zero-order valence-electron chi connectivity index (χ0n) is 17.7. The maximum atomic E-state index is 12.4. The summed E-state index contributed by atoms with van der Waals surface area (Å²) in [4.78, 5) is 12.4. The molecule has 0 unspecified atom stereocenters. The van der Waals surface area contributed by atoms with Crippen LogP contribution in [0.2, 0.25) is 0 Å². The Morgan fingerprint density at radius 1 is 1.10 bits per heavy atom. The number of hydrogen-bond acceptors (Lipinski definition) is 8. The minimum absolute atomic E-state index is 0.316. The third kappa shape index (κ3) is 5.54. The number of methoxy groups -OCH3 is 3. The average molecular weight is 442 g/mol. The number of nitrogens with one attached hydrogen (secondary N) is 1. The average Bonchev–Trinajstić information content (AvgIpc) is 3.22. The molecule has 9 nitrogen and oxygen atoms in total. The normalized spacial score (nSPS) is 10.8. The van der Waals surface area contributed by atoms with Gasteiger partial charge in [0.25, 0.3) is 5.91 Å². The van der Waals surface area contributed by atoms with Gasteiger partial charge in [-0.15, -0.1) is 10.2 Å². The molecule has 1 N–H and O–H groups in total. The van der Waals surface area contributed by atoms with E-state index >= 15 is 0 Å². The molecular formula is C21H23N5O4S. The van der Waals surface area contributed by atoms with Crippen LogP contribution in [-0.2, 0) is 12.8 Å².